The second kappa shape index (κ2) is 5.99. The number of carbonyl (C=O) groups excluding carboxylic acids is 1. The number of halogens is 4. The van der Waals surface area contributed by atoms with E-state index >= 15 is 0 Å². The molecular formula is C13H13F4NO4S. The van der Waals surface area contributed by atoms with Gasteiger partial charge in [0.25, 0.3) is 0 Å². The molecule has 1 aromatic carbocycles. The lowest BCUT2D eigenvalue weighted by molar-refractivity contribution is -0.137. The third kappa shape index (κ3) is 4.12. The van der Waals surface area contributed by atoms with Crippen LogP contribution in [0.15, 0.2) is 18.2 Å². The zero-order valence-electron chi connectivity index (χ0n) is 11.9. The minimum absolute atomic E-state index is 0.0371. The van der Waals surface area contributed by atoms with E-state index in [2.05, 4.69) is 0 Å². The molecule has 0 radical (unpaired) electrons. The monoisotopic (exact) mass is 355 g/mol. The van der Waals surface area contributed by atoms with Gasteiger partial charge in [-0.15, -0.1) is 3.89 Å². The van der Waals surface area contributed by atoms with Crippen molar-refractivity contribution >= 4 is 21.8 Å². The van der Waals surface area contributed by atoms with Gasteiger partial charge in [0.15, 0.2) is 0 Å². The van der Waals surface area contributed by atoms with Crippen LogP contribution in [0.2, 0.25) is 0 Å². The van der Waals surface area contributed by atoms with Crippen LogP contribution < -0.4 is 9.64 Å². The average molecular weight is 355 g/mol. The highest BCUT2D eigenvalue weighted by Gasteiger charge is 2.37. The fourth-order valence-electron chi connectivity index (χ4n) is 2.48. The summed E-state index contributed by atoms with van der Waals surface area (Å²) in [6.45, 7) is -0.195. The maximum Gasteiger partial charge on any atom is 0.416 e. The molecule has 1 aliphatic rings. The zero-order chi connectivity index (χ0) is 17.4. The van der Waals surface area contributed by atoms with Crippen molar-refractivity contribution in [1.29, 1.82) is 0 Å². The first-order chi connectivity index (χ1) is 10.5. The number of ether oxygens (including phenoxy) is 1. The molecule has 1 heterocycles. The van der Waals surface area contributed by atoms with Gasteiger partial charge >= 0.3 is 16.4 Å². The van der Waals surface area contributed by atoms with Crippen molar-refractivity contribution in [2.75, 3.05) is 24.3 Å². The number of carbonyl (C=O) groups is 1. The lowest BCUT2D eigenvalue weighted by atomic mass is 10.1. The normalized spacial score (nSPS) is 19.3. The first-order valence-electron chi connectivity index (χ1n) is 6.49. The van der Waals surface area contributed by atoms with Crippen molar-refractivity contribution < 1.29 is 35.0 Å². The van der Waals surface area contributed by atoms with Gasteiger partial charge in [-0.25, -0.2) is 0 Å². The molecule has 0 bridgehead atoms. The Labute approximate surface area is 130 Å². The quantitative estimate of drug-likeness (QED) is 0.614. The van der Waals surface area contributed by atoms with Crippen molar-refractivity contribution in [2.45, 2.75) is 12.6 Å². The van der Waals surface area contributed by atoms with Gasteiger partial charge in [0, 0.05) is 18.9 Å². The molecule has 10 heteroatoms. The predicted molar refractivity (Wildman–Crippen MR) is 73.4 cm³/mol. The van der Waals surface area contributed by atoms with Gasteiger partial charge in [-0.2, -0.15) is 21.6 Å². The molecule has 128 valence electrons. The first kappa shape index (κ1) is 17.5. The standard InChI is InChI=1S/C13H13F4NO4S/c1-22-11-3-2-9(13(14,15)16)5-10(11)18-6-8(4-12(18)19)7-23(17,20)21/h2-3,5,8H,4,6-7H2,1H3. The number of amides is 1. The van der Waals surface area contributed by atoms with E-state index in [1.54, 1.807) is 0 Å². The van der Waals surface area contributed by atoms with Crippen LogP contribution in [0.1, 0.15) is 12.0 Å². The SMILES string of the molecule is COc1ccc(C(F)(F)F)cc1N1CC(CS(=O)(=O)F)CC1=O. The maximum absolute atomic E-state index is 12.8. The number of hydrogen-bond acceptors (Lipinski definition) is 4. The Hall–Kier alpha value is -1.84. The largest absolute Gasteiger partial charge is 0.495 e. The van der Waals surface area contributed by atoms with Crippen LogP contribution in [0, 0.1) is 5.92 Å². The van der Waals surface area contributed by atoms with Crippen molar-refractivity contribution in [2.24, 2.45) is 5.92 Å². The Morgan fingerprint density at radius 3 is 2.52 bits per heavy atom. The molecule has 1 saturated heterocycles. The van der Waals surface area contributed by atoms with E-state index in [-0.39, 0.29) is 24.4 Å². The highest BCUT2D eigenvalue weighted by Crippen LogP contribution is 2.38. The van der Waals surface area contributed by atoms with Crippen LogP contribution in [0.5, 0.6) is 5.75 Å². The van der Waals surface area contributed by atoms with Crippen LogP contribution in [-0.2, 0) is 21.2 Å². The molecule has 1 aromatic rings. The molecule has 1 fully saturated rings. The van der Waals surface area contributed by atoms with Gasteiger partial charge in [-0.1, -0.05) is 0 Å². The molecular weight excluding hydrogens is 342 g/mol. The third-order valence-electron chi connectivity index (χ3n) is 3.44. The molecule has 0 N–H and O–H groups in total. The van der Waals surface area contributed by atoms with Crippen molar-refractivity contribution in [3.63, 3.8) is 0 Å². The molecule has 1 aliphatic heterocycles. The summed E-state index contributed by atoms with van der Waals surface area (Å²) in [6.07, 6.45) is -4.87. The zero-order valence-corrected chi connectivity index (χ0v) is 12.7. The first-order valence-corrected chi connectivity index (χ1v) is 8.04. The molecule has 2 rings (SSSR count). The fraction of sp³-hybridized carbons (Fsp3) is 0.462. The van der Waals surface area contributed by atoms with Crippen LogP contribution in [0.3, 0.4) is 0 Å². The molecule has 1 atom stereocenters. The highest BCUT2D eigenvalue weighted by molar-refractivity contribution is 7.86. The number of rotatable bonds is 4. The number of methoxy groups -OCH3 is 1. The minimum Gasteiger partial charge on any atom is -0.495 e. The van der Waals surface area contributed by atoms with Crippen LogP contribution >= 0.6 is 0 Å². The summed E-state index contributed by atoms with van der Waals surface area (Å²) in [5, 5.41) is 0. The maximum atomic E-state index is 12.8. The van der Waals surface area contributed by atoms with Crippen molar-refractivity contribution in [3.05, 3.63) is 23.8 Å². The van der Waals surface area contributed by atoms with Gasteiger partial charge in [0.2, 0.25) is 5.91 Å². The number of alkyl halides is 3. The summed E-state index contributed by atoms with van der Waals surface area (Å²) in [6, 6.07) is 2.64. The van der Waals surface area contributed by atoms with Crippen molar-refractivity contribution in [1.82, 2.24) is 0 Å². The Balaban J connectivity index is 2.35. The van der Waals surface area contributed by atoms with Gasteiger partial charge in [-0.3, -0.25) is 4.79 Å². The number of benzene rings is 1. The van der Waals surface area contributed by atoms with Gasteiger partial charge < -0.3 is 9.64 Å². The van der Waals surface area contributed by atoms with Gasteiger partial charge in [0.05, 0.1) is 24.1 Å². The number of anilines is 1. The summed E-state index contributed by atoms with van der Waals surface area (Å²) in [4.78, 5) is 13.0. The summed E-state index contributed by atoms with van der Waals surface area (Å²) < 4.78 is 77.5. The molecule has 0 saturated carbocycles. The Morgan fingerprint density at radius 1 is 1.35 bits per heavy atom. The van der Waals surface area contributed by atoms with Crippen molar-refractivity contribution in [3.8, 4) is 5.75 Å². The smallest absolute Gasteiger partial charge is 0.416 e. The van der Waals surface area contributed by atoms with E-state index < -0.39 is 39.5 Å². The summed E-state index contributed by atoms with van der Waals surface area (Å²) in [5.41, 5.74) is -1.09. The van der Waals surface area contributed by atoms with E-state index in [0.717, 1.165) is 23.1 Å². The molecule has 0 aliphatic carbocycles. The van der Waals surface area contributed by atoms with E-state index in [4.69, 9.17) is 4.74 Å². The minimum atomic E-state index is -4.77. The molecule has 1 unspecified atom stereocenters. The van der Waals surface area contributed by atoms with Gasteiger partial charge in [-0.05, 0) is 18.2 Å². The summed E-state index contributed by atoms with van der Waals surface area (Å²) >= 11 is 0. The molecule has 1 amide bonds. The van der Waals surface area contributed by atoms with Crippen LogP contribution in [-0.4, -0.2) is 33.7 Å². The average Bonchev–Trinajstić information content (AvgIpc) is 2.75. The predicted octanol–water partition coefficient (Wildman–Crippen LogP) is 2.37. The van der Waals surface area contributed by atoms with E-state index in [1.165, 1.54) is 7.11 Å². The molecule has 0 spiro atoms. The van der Waals surface area contributed by atoms with E-state index in [1.807, 2.05) is 0 Å². The fourth-order valence-corrected chi connectivity index (χ4v) is 3.27. The topological polar surface area (TPSA) is 63.7 Å². The second-order valence-corrected chi connectivity index (χ2v) is 6.58. The van der Waals surface area contributed by atoms with Gasteiger partial charge in [0.1, 0.15) is 5.75 Å². The third-order valence-corrected chi connectivity index (χ3v) is 4.31. The van der Waals surface area contributed by atoms with Crippen LogP contribution in [0.25, 0.3) is 0 Å². The molecule has 0 aromatic heterocycles. The van der Waals surface area contributed by atoms with Crippen LogP contribution in [0.4, 0.5) is 22.7 Å². The number of hydrogen-bond donors (Lipinski definition) is 0. The summed E-state index contributed by atoms with van der Waals surface area (Å²) in [7, 11) is -3.54. The highest BCUT2D eigenvalue weighted by atomic mass is 32.3. The number of nitrogens with zero attached hydrogens (tertiary/aromatic N) is 1. The lowest BCUT2D eigenvalue weighted by Gasteiger charge is -2.21. The van der Waals surface area contributed by atoms with E-state index in [9.17, 15) is 30.3 Å². The lowest BCUT2D eigenvalue weighted by Crippen LogP contribution is -2.26. The second-order valence-electron chi connectivity index (χ2n) is 5.16. The Kier molecular flexibility index (Phi) is 4.56. The molecule has 5 nitrogen and oxygen atoms in total. The Bertz CT molecular complexity index is 717. The van der Waals surface area contributed by atoms with E-state index in [0.29, 0.717) is 0 Å². The Morgan fingerprint density at radius 2 is 2.00 bits per heavy atom. The molecule has 23 heavy (non-hydrogen) atoms. The summed E-state index contributed by atoms with van der Waals surface area (Å²) in [5.74, 6) is -2.22.